The van der Waals surface area contributed by atoms with Crippen LogP contribution in [0.25, 0.3) is 0 Å². The summed E-state index contributed by atoms with van der Waals surface area (Å²) < 4.78 is 10.9. The van der Waals surface area contributed by atoms with Crippen LogP contribution in [0.2, 0.25) is 0 Å². The van der Waals surface area contributed by atoms with Crippen molar-refractivity contribution in [1.82, 2.24) is 0 Å². The predicted octanol–water partition coefficient (Wildman–Crippen LogP) is 3.80. The maximum atomic E-state index is 11.8. The van der Waals surface area contributed by atoms with Crippen molar-refractivity contribution >= 4 is 23.0 Å². The molecule has 0 radical (unpaired) electrons. The smallest absolute Gasteiger partial charge is 0.338 e. The van der Waals surface area contributed by atoms with Crippen LogP contribution in [-0.4, -0.2) is 64.1 Å². The van der Waals surface area contributed by atoms with E-state index in [1.165, 1.54) is 11.4 Å². The van der Waals surface area contributed by atoms with Crippen LogP contribution in [0.15, 0.2) is 48.5 Å². The van der Waals surface area contributed by atoms with Crippen LogP contribution in [0.5, 0.6) is 0 Å². The highest BCUT2D eigenvalue weighted by atomic mass is 16.5. The minimum absolute atomic E-state index is 0.261. The molecule has 2 aromatic carbocycles. The summed E-state index contributed by atoms with van der Waals surface area (Å²) in [6.07, 6.45) is 0.533. The van der Waals surface area contributed by atoms with Crippen LogP contribution in [0.3, 0.4) is 0 Å². The van der Waals surface area contributed by atoms with Gasteiger partial charge in [0.2, 0.25) is 0 Å². The maximum Gasteiger partial charge on any atom is 0.338 e. The van der Waals surface area contributed by atoms with Crippen LogP contribution < -0.4 is 14.7 Å². The van der Waals surface area contributed by atoms with E-state index in [4.69, 9.17) is 9.47 Å². The highest BCUT2D eigenvalue weighted by molar-refractivity contribution is 5.89. The molecule has 4 rings (SSSR count). The van der Waals surface area contributed by atoms with Crippen molar-refractivity contribution in [1.29, 1.82) is 0 Å². The molecule has 2 aliphatic heterocycles. The fourth-order valence-corrected chi connectivity index (χ4v) is 4.51. The Morgan fingerprint density at radius 3 is 1.68 bits per heavy atom. The van der Waals surface area contributed by atoms with Gasteiger partial charge in [-0.05, 0) is 69.3 Å². The molecule has 166 valence electrons. The molecule has 2 aliphatic rings. The molecule has 2 heterocycles. The van der Waals surface area contributed by atoms with Crippen LogP contribution in [0.1, 0.15) is 31.1 Å². The summed E-state index contributed by atoms with van der Waals surface area (Å²) in [4.78, 5) is 19.1. The average molecular weight is 424 g/mol. The fraction of sp³-hybridized carbons (Fsp3) is 0.480. The molecule has 6 nitrogen and oxygen atoms in total. The quantitative estimate of drug-likeness (QED) is 0.682. The predicted molar refractivity (Wildman–Crippen MR) is 125 cm³/mol. The molecule has 0 aromatic heterocycles. The van der Waals surface area contributed by atoms with E-state index in [9.17, 15) is 4.79 Å². The highest BCUT2D eigenvalue weighted by Gasteiger charge is 2.23. The van der Waals surface area contributed by atoms with E-state index in [0.717, 1.165) is 45.0 Å². The molecule has 2 fully saturated rings. The molecule has 0 spiro atoms. The molecule has 0 unspecified atom stereocenters. The molecule has 2 atom stereocenters. The molecule has 2 saturated heterocycles. The van der Waals surface area contributed by atoms with Gasteiger partial charge in [0.05, 0.1) is 24.4 Å². The Bertz CT molecular complexity index is 851. The molecular weight excluding hydrogens is 390 g/mol. The standard InChI is InChI=1S/C25H33N3O3/c1-4-30-25(29)21-5-7-22(8-6-21)26-13-15-27(16-14-26)23-9-11-24(12-10-23)28-17-19(2)31-20(3)18-28/h5-12,19-20H,4,13-18H2,1-3H3/t19-,20+. The van der Waals surface area contributed by atoms with Gasteiger partial charge < -0.3 is 24.2 Å². The highest BCUT2D eigenvalue weighted by Crippen LogP contribution is 2.26. The van der Waals surface area contributed by atoms with E-state index >= 15 is 0 Å². The molecule has 6 heteroatoms. The molecule has 0 aliphatic carbocycles. The van der Waals surface area contributed by atoms with Crippen molar-refractivity contribution in [2.75, 3.05) is 60.6 Å². The number of carbonyl (C=O) groups excluding carboxylic acids is 1. The fourth-order valence-electron chi connectivity index (χ4n) is 4.51. The van der Waals surface area contributed by atoms with Crippen LogP contribution in [0.4, 0.5) is 17.1 Å². The normalized spacial score (nSPS) is 21.8. The van der Waals surface area contributed by atoms with Gasteiger partial charge in [0.25, 0.3) is 0 Å². The average Bonchev–Trinajstić information content (AvgIpc) is 2.79. The Morgan fingerprint density at radius 2 is 1.23 bits per heavy atom. The SMILES string of the molecule is CCOC(=O)c1ccc(N2CCN(c3ccc(N4C[C@@H](C)O[C@@H](C)C4)cc3)CC2)cc1. The van der Waals surface area contributed by atoms with Crippen LogP contribution >= 0.6 is 0 Å². The largest absolute Gasteiger partial charge is 0.462 e. The number of nitrogens with zero attached hydrogens (tertiary/aromatic N) is 3. The van der Waals surface area contributed by atoms with Crippen molar-refractivity contribution in [2.45, 2.75) is 33.0 Å². The van der Waals surface area contributed by atoms with Crippen molar-refractivity contribution in [3.63, 3.8) is 0 Å². The third-order valence-corrected chi connectivity index (χ3v) is 6.02. The Morgan fingerprint density at radius 1 is 0.806 bits per heavy atom. The lowest BCUT2D eigenvalue weighted by atomic mass is 10.1. The van der Waals surface area contributed by atoms with Gasteiger partial charge in [0.1, 0.15) is 0 Å². The molecule has 0 saturated carbocycles. The monoisotopic (exact) mass is 423 g/mol. The van der Waals surface area contributed by atoms with E-state index in [0.29, 0.717) is 12.2 Å². The molecule has 0 N–H and O–H groups in total. The number of anilines is 3. The molecule has 2 aromatic rings. The molecule has 31 heavy (non-hydrogen) atoms. The Balaban J connectivity index is 1.33. The van der Waals surface area contributed by atoms with E-state index in [1.807, 2.05) is 31.2 Å². The molecule has 0 bridgehead atoms. The first-order chi connectivity index (χ1) is 15.0. The van der Waals surface area contributed by atoms with Crippen LogP contribution in [0, 0.1) is 0 Å². The lowest BCUT2D eigenvalue weighted by molar-refractivity contribution is -0.00522. The first-order valence-electron chi connectivity index (χ1n) is 11.3. The van der Waals surface area contributed by atoms with Crippen LogP contribution in [-0.2, 0) is 9.47 Å². The summed E-state index contributed by atoms with van der Waals surface area (Å²) in [5.74, 6) is -0.261. The summed E-state index contributed by atoms with van der Waals surface area (Å²) in [5.41, 5.74) is 4.30. The summed E-state index contributed by atoms with van der Waals surface area (Å²) >= 11 is 0. The first kappa shape index (κ1) is 21.5. The van der Waals surface area contributed by atoms with Crippen molar-refractivity contribution in [3.8, 4) is 0 Å². The zero-order valence-corrected chi connectivity index (χ0v) is 18.8. The number of hydrogen-bond acceptors (Lipinski definition) is 6. The molecule has 0 amide bonds. The van der Waals surface area contributed by atoms with Gasteiger partial charge in [-0.15, -0.1) is 0 Å². The van der Waals surface area contributed by atoms with Gasteiger partial charge in [-0.2, -0.15) is 0 Å². The van der Waals surface area contributed by atoms with Crippen molar-refractivity contribution in [2.24, 2.45) is 0 Å². The number of rotatable bonds is 5. The second-order valence-electron chi connectivity index (χ2n) is 8.42. The van der Waals surface area contributed by atoms with E-state index < -0.39 is 0 Å². The number of carbonyl (C=O) groups is 1. The van der Waals surface area contributed by atoms with Crippen molar-refractivity contribution in [3.05, 3.63) is 54.1 Å². The Labute approximate surface area is 185 Å². The Hall–Kier alpha value is -2.73. The topological polar surface area (TPSA) is 45.2 Å². The third-order valence-electron chi connectivity index (χ3n) is 6.02. The van der Waals surface area contributed by atoms with E-state index in [1.54, 1.807) is 0 Å². The number of benzene rings is 2. The summed E-state index contributed by atoms with van der Waals surface area (Å²) in [6, 6.07) is 16.7. The zero-order valence-electron chi connectivity index (χ0n) is 18.8. The van der Waals surface area contributed by atoms with Gasteiger partial charge in [0.15, 0.2) is 0 Å². The van der Waals surface area contributed by atoms with Gasteiger partial charge in [-0.25, -0.2) is 4.79 Å². The third kappa shape index (κ3) is 5.13. The maximum absolute atomic E-state index is 11.8. The summed E-state index contributed by atoms with van der Waals surface area (Å²) in [7, 11) is 0. The van der Waals surface area contributed by atoms with E-state index in [2.05, 4.69) is 52.8 Å². The van der Waals surface area contributed by atoms with Gasteiger partial charge >= 0.3 is 5.97 Å². The second kappa shape index (κ2) is 9.60. The summed E-state index contributed by atoms with van der Waals surface area (Å²) in [6.45, 7) is 12.3. The number of morpholine rings is 1. The van der Waals surface area contributed by atoms with Crippen molar-refractivity contribution < 1.29 is 14.3 Å². The number of hydrogen-bond donors (Lipinski definition) is 0. The number of piperazine rings is 1. The molecular formula is C25H33N3O3. The number of esters is 1. The minimum Gasteiger partial charge on any atom is -0.462 e. The zero-order chi connectivity index (χ0) is 21.8. The van der Waals surface area contributed by atoms with Gasteiger partial charge in [-0.1, -0.05) is 0 Å². The second-order valence-corrected chi connectivity index (χ2v) is 8.42. The lowest BCUT2D eigenvalue weighted by Gasteiger charge is -2.38. The van der Waals surface area contributed by atoms with E-state index in [-0.39, 0.29) is 18.2 Å². The Kier molecular flexibility index (Phi) is 6.66. The lowest BCUT2D eigenvalue weighted by Crippen LogP contribution is -2.46. The van der Waals surface area contributed by atoms with Gasteiger partial charge in [-0.3, -0.25) is 0 Å². The summed E-state index contributed by atoms with van der Waals surface area (Å²) in [5, 5.41) is 0. The first-order valence-corrected chi connectivity index (χ1v) is 11.3. The number of ether oxygens (including phenoxy) is 2. The minimum atomic E-state index is -0.261. The van der Waals surface area contributed by atoms with Gasteiger partial charge in [0, 0.05) is 56.3 Å².